The van der Waals surface area contributed by atoms with Crippen molar-refractivity contribution in [2.75, 3.05) is 13.7 Å². The summed E-state index contributed by atoms with van der Waals surface area (Å²) >= 11 is 0. The van der Waals surface area contributed by atoms with E-state index in [0.717, 1.165) is 70.6 Å². The van der Waals surface area contributed by atoms with Gasteiger partial charge < -0.3 is 24.4 Å². The van der Waals surface area contributed by atoms with Gasteiger partial charge in [-0.25, -0.2) is 9.59 Å². The van der Waals surface area contributed by atoms with E-state index in [9.17, 15) is 19.2 Å². The van der Waals surface area contributed by atoms with Crippen LogP contribution in [0.2, 0.25) is 0 Å². The molecule has 2 aliphatic heterocycles. The van der Waals surface area contributed by atoms with Gasteiger partial charge in [-0.15, -0.1) is 0 Å². The van der Waals surface area contributed by atoms with E-state index >= 15 is 0 Å². The van der Waals surface area contributed by atoms with Crippen LogP contribution in [-0.2, 0) is 25.6 Å². The number of methoxy groups -OCH3 is 1. The topological polar surface area (TPSA) is 116 Å². The first-order chi connectivity index (χ1) is 18.9. The Balaban J connectivity index is 1.45. The molecule has 0 aromatic carbocycles. The molecule has 0 unspecified atom stereocenters. The maximum atomic E-state index is 14.0. The van der Waals surface area contributed by atoms with Crippen molar-refractivity contribution in [2.45, 2.75) is 108 Å². The number of pyridine rings is 1. The Hall–Kier alpha value is -3.04. The highest BCUT2D eigenvalue weighted by Crippen LogP contribution is 2.34. The minimum atomic E-state index is -0.834. The zero-order valence-electron chi connectivity index (χ0n) is 22.8. The van der Waals surface area contributed by atoms with Crippen LogP contribution < -0.4 is 15.6 Å². The lowest BCUT2D eigenvalue weighted by Crippen LogP contribution is -2.55. The molecular formula is C29H41N3O7. The smallest absolute Gasteiger partial charge is 0.408 e. The van der Waals surface area contributed by atoms with Gasteiger partial charge in [0, 0.05) is 19.0 Å². The third kappa shape index (κ3) is 6.25. The lowest BCUT2D eigenvalue weighted by Gasteiger charge is -2.31. The molecule has 4 aliphatic rings. The van der Waals surface area contributed by atoms with Crippen LogP contribution in [-0.4, -0.2) is 65.4 Å². The van der Waals surface area contributed by atoms with Gasteiger partial charge in [-0.1, -0.05) is 31.7 Å². The van der Waals surface area contributed by atoms with E-state index in [1.165, 1.54) is 18.1 Å². The number of rotatable bonds is 2. The molecule has 39 heavy (non-hydrogen) atoms. The van der Waals surface area contributed by atoms with Gasteiger partial charge in [0.1, 0.15) is 24.3 Å². The van der Waals surface area contributed by atoms with Crippen LogP contribution in [0.3, 0.4) is 0 Å². The van der Waals surface area contributed by atoms with Crippen molar-refractivity contribution < 1.29 is 28.6 Å². The normalized spacial score (nSPS) is 30.8. The van der Waals surface area contributed by atoms with Gasteiger partial charge in [0.2, 0.25) is 5.91 Å². The summed E-state index contributed by atoms with van der Waals surface area (Å²) in [7, 11) is 1.30. The highest BCUT2D eigenvalue weighted by Gasteiger charge is 2.46. The van der Waals surface area contributed by atoms with Crippen LogP contribution in [0, 0.1) is 11.8 Å². The summed E-state index contributed by atoms with van der Waals surface area (Å²) in [5.74, 6) is -0.108. The third-order valence-electron chi connectivity index (χ3n) is 9.03. The Bertz CT molecular complexity index is 1100. The van der Waals surface area contributed by atoms with Gasteiger partial charge in [0.25, 0.3) is 5.56 Å². The zero-order valence-corrected chi connectivity index (χ0v) is 22.8. The molecule has 10 heteroatoms. The molecule has 214 valence electrons. The van der Waals surface area contributed by atoms with Crippen molar-refractivity contribution in [1.82, 2.24) is 14.8 Å². The number of nitrogens with one attached hydrogen (secondary N) is 1. The maximum absolute atomic E-state index is 14.0. The fraction of sp³-hybridized carbons (Fsp3) is 0.724. The van der Waals surface area contributed by atoms with Crippen LogP contribution in [0.4, 0.5) is 4.79 Å². The summed E-state index contributed by atoms with van der Waals surface area (Å²) < 4.78 is 18.9. The number of hydrogen-bond acceptors (Lipinski definition) is 7. The molecule has 2 bridgehead atoms. The van der Waals surface area contributed by atoms with Crippen LogP contribution in [0.15, 0.2) is 23.0 Å². The molecule has 10 nitrogen and oxygen atoms in total. The predicted molar refractivity (Wildman–Crippen MR) is 142 cm³/mol. The quantitative estimate of drug-likeness (QED) is 0.569. The Kier molecular flexibility index (Phi) is 8.77. The van der Waals surface area contributed by atoms with E-state index in [-0.39, 0.29) is 36.5 Å². The first-order valence-corrected chi connectivity index (χ1v) is 14.7. The van der Waals surface area contributed by atoms with Crippen molar-refractivity contribution in [3.05, 3.63) is 28.6 Å². The summed E-state index contributed by atoms with van der Waals surface area (Å²) in [4.78, 5) is 54.2. The Labute approximate surface area is 229 Å². The Morgan fingerprint density at radius 2 is 1.67 bits per heavy atom. The molecule has 3 fully saturated rings. The molecule has 5 atom stereocenters. The van der Waals surface area contributed by atoms with Crippen molar-refractivity contribution in [3.63, 3.8) is 0 Å². The summed E-state index contributed by atoms with van der Waals surface area (Å²) in [6.45, 7) is 0.688. The third-order valence-corrected chi connectivity index (χ3v) is 9.03. The lowest BCUT2D eigenvalue weighted by molar-refractivity contribution is -0.152. The van der Waals surface area contributed by atoms with E-state index in [0.29, 0.717) is 18.3 Å². The van der Waals surface area contributed by atoms with Gasteiger partial charge in [-0.3, -0.25) is 14.2 Å². The van der Waals surface area contributed by atoms with E-state index in [1.54, 1.807) is 16.7 Å². The molecule has 1 N–H and O–H groups in total. The number of fused-ring (bicyclic) bond motifs is 4. The second kappa shape index (κ2) is 12.4. The minimum absolute atomic E-state index is 0.0208. The number of hydrogen-bond donors (Lipinski definition) is 1. The zero-order chi connectivity index (χ0) is 27.4. The summed E-state index contributed by atoms with van der Waals surface area (Å²) in [5.41, 5.74) is -0.134. The number of carbonyl (C=O) groups is 3. The second-order valence-corrected chi connectivity index (χ2v) is 11.5. The number of alkyl carbamates (subject to hydrolysis) is 1. The maximum Gasteiger partial charge on any atom is 0.408 e. The molecule has 1 saturated heterocycles. The van der Waals surface area contributed by atoms with Gasteiger partial charge >= 0.3 is 12.1 Å². The van der Waals surface area contributed by atoms with Gasteiger partial charge in [0.15, 0.2) is 5.88 Å². The SMILES string of the molecule is COC(=O)[C@@H]1C[C@@H]2CN1C(=O)[C@H](C1CCCC1)NC(=O)O[C@@H]1CCC[C@H]1CCCCCn1c(cccc1=O)O2. The van der Waals surface area contributed by atoms with E-state index in [4.69, 9.17) is 14.2 Å². The number of carbonyl (C=O) groups excluding carboxylic acids is 3. The molecule has 0 radical (unpaired) electrons. The van der Waals surface area contributed by atoms with E-state index in [2.05, 4.69) is 5.32 Å². The molecule has 2 amide bonds. The van der Waals surface area contributed by atoms with Gasteiger partial charge in [0.05, 0.1) is 13.7 Å². The average molecular weight is 544 g/mol. The minimum Gasteiger partial charge on any atom is -0.473 e. The molecule has 0 spiro atoms. The van der Waals surface area contributed by atoms with Crippen LogP contribution in [0.1, 0.15) is 77.0 Å². The van der Waals surface area contributed by atoms with E-state index < -0.39 is 30.3 Å². The fourth-order valence-corrected chi connectivity index (χ4v) is 6.97. The molecular weight excluding hydrogens is 502 g/mol. The fourth-order valence-electron chi connectivity index (χ4n) is 6.97. The highest BCUT2D eigenvalue weighted by atomic mass is 16.6. The summed E-state index contributed by atoms with van der Waals surface area (Å²) in [5, 5.41) is 2.92. The number of esters is 1. The number of aromatic nitrogens is 1. The summed E-state index contributed by atoms with van der Waals surface area (Å²) in [6.07, 6.45) is 9.29. The average Bonchev–Trinajstić information content (AvgIpc) is 3.69. The first kappa shape index (κ1) is 27.5. The predicted octanol–water partition coefficient (Wildman–Crippen LogP) is 3.40. The number of amides is 2. The summed E-state index contributed by atoms with van der Waals surface area (Å²) in [6, 6.07) is 3.34. The molecule has 3 heterocycles. The van der Waals surface area contributed by atoms with Gasteiger partial charge in [-0.05, 0) is 62.8 Å². The monoisotopic (exact) mass is 543 g/mol. The second-order valence-electron chi connectivity index (χ2n) is 11.5. The van der Waals surface area contributed by atoms with Crippen molar-refractivity contribution in [2.24, 2.45) is 11.8 Å². The molecule has 5 rings (SSSR count). The van der Waals surface area contributed by atoms with E-state index in [1.807, 2.05) is 0 Å². The van der Waals surface area contributed by atoms with Crippen LogP contribution in [0.25, 0.3) is 0 Å². The van der Waals surface area contributed by atoms with Crippen molar-refractivity contribution in [3.8, 4) is 5.88 Å². The van der Waals surface area contributed by atoms with Crippen molar-refractivity contribution in [1.29, 1.82) is 0 Å². The highest BCUT2D eigenvalue weighted by molar-refractivity contribution is 5.90. The van der Waals surface area contributed by atoms with Crippen LogP contribution in [0.5, 0.6) is 5.88 Å². The van der Waals surface area contributed by atoms with Crippen molar-refractivity contribution >= 4 is 18.0 Å². The Morgan fingerprint density at radius 1 is 0.923 bits per heavy atom. The number of ether oxygens (including phenoxy) is 3. The Morgan fingerprint density at radius 3 is 2.46 bits per heavy atom. The molecule has 2 aliphatic carbocycles. The standard InChI is InChI=1S/C29H41N3O7/c1-37-28(35)22-17-21-18-32(22)27(34)26(20-10-4-5-11-20)30-29(36)39-23-13-7-12-19(23)9-3-2-6-16-31-24(33)14-8-15-25(31)38-21/h8,14-15,19-23,26H,2-7,9-13,16-18H2,1H3,(H,30,36)/t19-,21-,22+,23-,26+/m1/s1. The van der Waals surface area contributed by atoms with Gasteiger partial charge in [-0.2, -0.15) is 0 Å². The largest absolute Gasteiger partial charge is 0.473 e. The van der Waals surface area contributed by atoms with Crippen LogP contribution >= 0.6 is 0 Å². The molecule has 1 aromatic heterocycles. The molecule has 1 aromatic rings. The number of nitrogens with zero attached hydrogens (tertiary/aromatic N) is 2. The lowest BCUT2D eigenvalue weighted by atomic mass is 9.96. The molecule has 2 saturated carbocycles. The first-order valence-electron chi connectivity index (χ1n) is 14.7.